The maximum Gasteiger partial charge on any atom is 0.295 e. The van der Waals surface area contributed by atoms with Crippen LogP contribution in [0.1, 0.15) is 11.3 Å². The summed E-state index contributed by atoms with van der Waals surface area (Å²) in [4.78, 5) is 3.79. The SMILES string of the molecule is COc1ccc(Br)c(C(F)(F)Cc2ccccc2O)n1. The molecule has 0 radical (unpaired) electrons. The van der Waals surface area contributed by atoms with Gasteiger partial charge >= 0.3 is 0 Å². The number of nitrogens with zero attached hydrogens (tertiary/aromatic N) is 1. The molecule has 1 N–H and O–H groups in total. The Morgan fingerprint density at radius 1 is 1.25 bits per heavy atom. The molecule has 0 fully saturated rings. The van der Waals surface area contributed by atoms with Gasteiger partial charge in [0, 0.05) is 22.5 Å². The third-order valence-electron chi connectivity index (χ3n) is 2.78. The number of hydrogen-bond acceptors (Lipinski definition) is 3. The van der Waals surface area contributed by atoms with Crippen LogP contribution >= 0.6 is 15.9 Å². The fourth-order valence-corrected chi connectivity index (χ4v) is 2.29. The molecular formula is C14H12BrF2NO2. The normalized spacial score (nSPS) is 11.4. The molecule has 3 nitrogen and oxygen atoms in total. The summed E-state index contributed by atoms with van der Waals surface area (Å²) in [6.07, 6.45) is -0.640. The Balaban J connectivity index is 2.37. The average Bonchev–Trinajstić information content (AvgIpc) is 2.41. The number of rotatable bonds is 4. The van der Waals surface area contributed by atoms with Gasteiger partial charge in [0.15, 0.2) is 0 Å². The predicted octanol–water partition coefficient (Wildman–Crippen LogP) is 3.89. The number of benzene rings is 1. The van der Waals surface area contributed by atoms with E-state index in [1.54, 1.807) is 12.1 Å². The van der Waals surface area contributed by atoms with Gasteiger partial charge in [-0.3, -0.25) is 0 Å². The summed E-state index contributed by atoms with van der Waals surface area (Å²) in [5, 5.41) is 9.60. The fourth-order valence-electron chi connectivity index (χ4n) is 1.78. The Labute approximate surface area is 123 Å². The molecule has 20 heavy (non-hydrogen) atoms. The second-order valence-corrected chi connectivity index (χ2v) is 5.05. The van der Waals surface area contributed by atoms with Crippen molar-refractivity contribution < 1.29 is 18.6 Å². The number of hydrogen-bond donors (Lipinski definition) is 1. The number of para-hydroxylation sites is 1. The van der Waals surface area contributed by atoms with Crippen molar-refractivity contribution in [3.63, 3.8) is 0 Å². The first-order valence-electron chi connectivity index (χ1n) is 5.80. The largest absolute Gasteiger partial charge is 0.508 e. The maximum atomic E-state index is 14.3. The number of phenolic OH excluding ortho intramolecular Hbond substituents is 1. The number of halogens is 3. The number of ether oxygens (including phenoxy) is 1. The molecule has 0 atom stereocenters. The van der Waals surface area contributed by atoms with Crippen molar-refractivity contribution in [1.29, 1.82) is 0 Å². The maximum absolute atomic E-state index is 14.3. The standard InChI is InChI=1S/C14H12BrF2NO2/c1-20-12-7-6-10(15)13(18-12)14(16,17)8-9-4-2-3-5-11(9)19/h2-7,19H,8H2,1H3. The van der Waals surface area contributed by atoms with Crippen molar-refractivity contribution >= 4 is 15.9 Å². The van der Waals surface area contributed by atoms with E-state index in [1.807, 2.05) is 0 Å². The first-order valence-corrected chi connectivity index (χ1v) is 6.59. The summed E-state index contributed by atoms with van der Waals surface area (Å²) in [6.45, 7) is 0. The first kappa shape index (κ1) is 14.7. The Hall–Kier alpha value is -1.69. The topological polar surface area (TPSA) is 42.4 Å². The highest BCUT2D eigenvalue weighted by Gasteiger charge is 2.36. The van der Waals surface area contributed by atoms with E-state index in [9.17, 15) is 13.9 Å². The van der Waals surface area contributed by atoms with Crippen LogP contribution in [0, 0.1) is 0 Å². The van der Waals surface area contributed by atoms with Gasteiger partial charge in [-0.1, -0.05) is 18.2 Å². The molecule has 0 spiro atoms. The van der Waals surface area contributed by atoms with Crippen LogP contribution in [0.25, 0.3) is 0 Å². The number of alkyl halides is 2. The van der Waals surface area contributed by atoms with Crippen LogP contribution in [0.3, 0.4) is 0 Å². The average molecular weight is 344 g/mol. The van der Waals surface area contributed by atoms with Crippen LogP contribution < -0.4 is 4.74 Å². The van der Waals surface area contributed by atoms with E-state index in [-0.39, 0.29) is 21.7 Å². The van der Waals surface area contributed by atoms with E-state index in [4.69, 9.17) is 4.74 Å². The summed E-state index contributed by atoms with van der Waals surface area (Å²) in [6, 6.07) is 8.95. The third-order valence-corrected chi connectivity index (χ3v) is 3.42. The Morgan fingerprint density at radius 3 is 2.60 bits per heavy atom. The lowest BCUT2D eigenvalue weighted by Crippen LogP contribution is -2.20. The quantitative estimate of drug-likeness (QED) is 0.915. The molecule has 0 unspecified atom stereocenters. The molecule has 0 saturated carbocycles. The van der Waals surface area contributed by atoms with Crippen molar-refractivity contribution in [2.75, 3.05) is 7.11 Å². The van der Waals surface area contributed by atoms with Gasteiger partial charge in [0.2, 0.25) is 5.88 Å². The Bertz CT molecular complexity index is 620. The molecule has 6 heteroatoms. The number of aromatic hydroxyl groups is 1. The van der Waals surface area contributed by atoms with Gasteiger partial charge in [-0.15, -0.1) is 0 Å². The zero-order valence-corrected chi connectivity index (χ0v) is 12.2. The molecule has 0 bridgehead atoms. The van der Waals surface area contributed by atoms with Crippen LogP contribution in [0.5, 0.6) is 11.6 Å². The number of methoxy groups -OCH3 is 1. The van der Waals surface area contributed by atoms with Crippen molar-refractivity contribution in [3.8, 4) is 11.6 Å². The minimum absolute atomic E-state index is 0.111. The summed E-state index contributed by atoms with van der Waals surface area (Å²) < 4.78 is 33.7. The molecule has 0 aliphatic rings. The van der Waals surface area contributed by atoms with Crippen LogP contribution in [0.4, 0.5) is 8.78 Å². The van der Waals surface area contributed by atoms with Crippen LogP contribution in [-0.4, -0.2) is 17.2 Å². The summed E-state index contributed by atoms with van der Waals surface area (Å²) in [5.41, 5.74) is -0.255. The van der Waals surface area contributed by atoms with Gasteiger partial charge in [0.05, 0.1) is 7.11 Å². The fraction of sp³-hybridized carbons (Fsp3) is 0.214. The molecule has 1 heterocycles. The lowest BCUT2D eigenvalue weighted by Gasteiger charge is -2.18. The zero-order chi connectivity index (χ0) is 14.8. The highest BCUT2D eigenvalue weighted by Crippen LogP contribution is 2.37. The third kappa shape index (κ3) is 3.07. The van der Waals surface area contributed by atoms with Crippen LogP contribution in [0.15, 0.2) is 40.9 Å². The smallest absolute Gasteiger partial charge is 0.295 e. The van der Waals surface area contributed by atoms with Crippen LogP contribution in [-0.2, 0) is 12.3 Å². The molecular weight excluding hydrogens is 332 g/mol. The van der Waals surface area contributed by atoms with Crippen molar-refractivity contribution in [2.24, 2.45) is 0 Å². The highest BCUT2D eigenvalue weighted by molar-refractivity contribution is 9.10. The first-order chi connectivity index (χ1) is 9.44. The Kier molecular flexibility index (Phi) is 4.23. The summed E-state index contributed by atoms with van der Waals surface area (Å²) in [7, 11) is 1.36. The number of pyridine rings is 1. The molecule has 2 rings (SSSR count). The van der Waals surface area contributed by atoms with E-state index >= 15 is 0 Å². The van der Waals surface area contributed by atoms with Gasteiger partial charge in [-0.25, -0.2) is 4.98 Å². The second kappa shape index (κ2) is 5.75. The predicted molar refractivity (Wildman–Crippen MR) is 74.2 cm³/mol. The number of phenols is 1. The molecule has 0 aliphatic heterocycles. The minimum atomic E-state index is -3.23. The molecule has 1 aromatic carbocycles. The minimum Gasteiger partial charge on any atom is -0.508 e. The van der Waals surface area contributed by atoms with Crippen molar-refractivity contribution in [1.82, 2.24) is 4.98 Å². The van der Waals surface area contributed by atoms with Gasteiger partial charge in [0.25, 0.3) is 5.92 Å². The van der Waals surface area contributed by atoms with E-state index < -0.39 is 18.0 Å². The van der Waals surface area contributed by atoms with Crippen LogP contribution in [0.2, 0.25) is 0 Å². The van der Waals surface area contributed by atoms with E-state index in [1.165, 1.54) is 31.4 Å². The Morgan fingerprint density at radius 2 is 1.95 bits per heavy atom. The van der Waals surface area contributed by atoms with E-state index in [0.717, 1.165) is 0 Å². The van der Waals surface area contributed by atoms with Gasteiger partial charge in [-0.05, 0) is 28.1 Å². The second-order valence-electron chi connectivity index (χ2n) is 4.19. The monoisotopic (exact) mass is 343 g/mol. The molecule has 2 aromatic rings. The molecule has 106 valence electrons. The van der Waals surface area contributed by atoms with E-state index in [0.29, 0.717) is 0 Å². The lowest BCUT2D eigenvalue weighted by molar-refractivity contribution is -0.0101. The number of aromatic nitrogens is 1. The summed E-state index contributed by atoms with van der Waals surface area (Å²) >= 11 is 3.07. The molecule has 0 saturated heterocycles. The molecule has 0 aliphatic carbocycles. The van der Waals surface area contributed by atoms with Gasteiger partial charge in [0.1, 0.15) is 11.4 Å². The van der Waals surface area contributed by atoms with Gasteiger partial charge in [-0.2, -0.15) is 8.78 Å². The van der Waals surface area contributed by atoms with Crippen molar-refractivity contribution in [3.05, 3.63) is 52.1 Å². The molecule has 1 aromatic heterocycles. The lowest BCUT2D eigenvalue weighted by atomic mass is 10.0. The zero-order valence-electron chi connectivity index (χ0n) is 10.6. The molecule has 0 amide bonds. The van der Waals surface area contributed by atoms with Gasteiger partial charge < -0.3 is 9.84 Å². The van der Waals surface area contributed by atoms with Crippen molar-refractivity contribution in [2.45, 2.75) is 12.3 Å². The van der Waals surface area contributed by atoms with E-state index in [2.05, 4.69) is 20.9 Å². The summed E-state index contributed by atoms with van der Waals surface area (Å²) in [5.74, 6) is -3.28. The highest BCUT2D eigenvalue weighted by atomic mass is 79.9.